The third kappa shape index (κ3) is 2.41. The molecule has 118 valence electrons. The van der Waals surface area contributed by atoms with Gasteiger partial charge in [0.1, 0.15) is 0 Å². The summed E-state index contributed by atoms with van der Waals surface area (Å²) in [7, 11) is 1.74. The molecule has 1 aromatic carbocycles. The molecule has 0 spiro atoms. The van der Waals surface area contributed by atoms with E-state index in [0.717, 1.165) is 18.4 Å². The maximum atomic E-state index is 12.7. The number of aromatic amines is 1. The topological polar surface area (TPSA) is 56.3 Å². The van der Waals surface area contributed by atoms with Crippen LogP contribution in [0, 0.1) is 5.92 Å². The summed E-state index contributed by atoms with van der Waals surface area (Å²) in [6.07, 6.45) is 3.34. The summed E-state index contributed by atoms with van der Waals surface area (Å²) in [5.41, 5.74) is 4.30. The monoisotopic (exact) mass is 300 g/mol. The Kier molecular flexibility index (Phi) is 3.96. The number of aliphatic hydroxyl groups excluding tert-OH is 1. The first-order chi connectivity index (χ1) is 10.5. The van der Waals surface area contributed by atoms with Gasteiger partial charge in [-0.25, -0.2) is 0 Å². The van der Waals surface area contributed by atoms with Gasteiger partial charge in [-0.1, -0.05) is 19.1 Å². The fourth-order valence-corrected chi connectivity index (χ4v) is 3.31. The average Bonchev–Trinajstić information content (AvgIpc) is 2.90. The number of amides is 1. The maximum Gasteiger partial charge on any atom is 0.256 e. The van der Waals surface area contributed by atoms with Crippen LogP contribution in [0.5, 0.6) is 0 Å². The molecular formula is C18H24N2O2. The standard InChI is InChI=1S/C18H24N2O2/c1-11-7-8-16-15(9-11)13-5-4-6-14(17(13)19-16)18(22)20(3)12(2)10-21/h4-6,11-12,19,21H,7-10H2,1-3H3. The van der Waals surface area contributed by atoms with Crippen LogP contribution in [0.2, 0.25) is 0 Å². The Labute approximate surface area is 131 Å². The highest BCUT2D eigenvalue weighted by Crippen LogP contribution is 2.33. The van der Waals surface area contributed by atoms with Crippen molar-refractivity contribution >= 4 is 16.8 Å². The smallest absolute Gasteiger partial charge is 0.256 e. The zero-order valence-corrected chi connectivity index (χ0v) is 13.5. The van der Waals surface area contributed by atoms with Crippen LogP contribution in [0.25, 0.3) is 10.9 Å². The minimum Gasteiger partial charge on any atom is -0.394 e. The zero-order chi connectivity index (χ0) is 15.9. The van der Waals surface area contributed by atoms with Gasteiger partial charge in [0.25, 0.3) is 5.91 Å². The lowest BCUT2D eigenvalue weighted by Gasteiger charge is -2.23. The van der Waals surface area contributed by atoms with Crippen LogP contribution in [0.3, 0.4) is 0 Å². The number of hydrogen-bond donors (Lipinski definition) is 2. The van der Waals surface area contributed by atoms with Crippen molar-refractivity contribution in [2.45, 2.75) is 39.2 Å². The average molecular weight is 300 g/mol. The number of fused-ring (bicyclic) bond motifs is 3. The fourth-order valence-electron chi connectivity index (χ4n) is 3.31. The molecule has 22 heavy (non-hydrogen) atoms. The minimum absolute atomic E-state index is 0.0308. The summed E-state index contributed by atoms with van der Waals surface area (Å²) in [4.78, 5) is 17.8. The molecule has 4 nitrogen and oxygen atoms in total. The number of carbonyl (C=O) groups is 1. The van der Waals surface area contributed by atoms with E-state index in [2.05, 4.69) is 18.0 Å². The summed E-state index contributed by atoms with van der Waals surface area (Å²) >= 11 is 0. The van der Waals surface area contributed by atoms with Crippen LogP contribution in [0.15, 0.2) is 18.2 Å². The Hall–Kier alpha value is -1.81. The Morgan fingerprint density at radius 2 is 2.27 bits per heavy atom. The van der Waals surface area contributed by atoms with Crippen LogP contribution in [-0.2, 0) is 12.8 Å². The summed E-state index contributed by atoms with van der Waals surface area (Å²) in [5, 5.41) is 10.5. The van der Waals surface area contributed by atoms with Gasteiger partial charge in [-0.05, 0) is 43.7 Å². The number of nitrogens with one attached hydrogen (secondary N) is 1. The van der Waals surface area contributed by atoms with Crippen molar-refractivity contribution in [3.8, 4) is 0 Å². The molecule has 1 aliphatic carbocycles. The lowest BCUT2D eigenvalue weighted by Crippen LogP contribution is -2.37. The van der Waals surface area contributed by atoms with Crippen LogP contribution in [-0.4, -0.2) is 40.6 Å². The van der Waals surface area contributed by atoms with Crippen LogP contribution in [0.4, 0.5) is 0 Å². The van der Waals surface area contributed by atoms with Gasteiger partial charge in [-0.3, -0.25) is 4.79 Å². The van der Waals surface area contributed by atoms with Crippen LogP contribution in [0.1, 0.15) is 41.9 Å². The summed E-state index contributed by atoms with van der Waals surface area (Å²) < 4.78 is 0. The van der Waals surface area contributed by atoms with Gasteiger partial charge in [-0.15, -0.1) is 0 Å². The molecule has 2 N–H and O–H groups in total. The normalized spacial score (nSPS) is 19.0. The number of likely N-dealkylation sites (N-methyl/N-ethyl adjacent to an activating group) is 1. The van der Waals surface area contributed by atoms with E-state index in [-0.39, 0.29) is 18.6 Å². The van der Waals surface area contributed by atoms with E-state index in [4.69, 9.17) is 0 Å². The molecule has 1 amide bonds. The molecule has 1 aliphatic rings. The van der Waals surface area contributed by atoms with E-state index in [0.29, 0.717) is 11.5 Å². The Morgan fingerprint density at radius 3 is 3.00 bits per heavy atom. The molecule has 0 bridgehead atoms. The van der Waals surface area contributed by atoms with E-state index in [1.54, 1.807) is 11.9 Å². The second kappa shape index (κ2) is 5.76. The number of benzene rings is 1. The van der Waals surface area contributed by atoms with Gasteiger partial charge < -0.3 is 15.0 Å². The minimum atomic E-state index is -0.188. The second-order valence-corrected chi connectivity index (χ2v) is 6.61. The summed E-state index contributed by atoms with van der Waals surface area (Å²) in [5.74, 6) is 0.654. The first kappa shape index (κ1) is 15.1. The van der Waals surface area contributed by atoms with Crippen molar-refractivity contribution in [1.82, 2.24) is 9.88 Å². The van der Waals surface area contributed by atoms with Crippen LogP contribution >= 0.6 is 0 Å². The number of aliphatic hydroxyl groups is 1. The fraction of sp³-hybridized carbons (Fsp3) is 0.500. The largest absolute Gasteiger partial charge is 0.394 e. The number of nitrogens with zero attached hydrogens (tertiary/aromatic N) is 1. The molecule has 3 rings (SSSR count). The van der Waals surface area contributed by atoms with Crippen molar-refractivity contribution in [3.05, 3.63) is 35.0 Å². The van der Waals surface area contributed by atoms with Crippen molar-refractivity contribution < 1.29 is 9.90 Å². The van der Waals surface area contributed by atoms with Crippen molar-refractivity contribution in [3.63, 3.8) is 0 Å². The number of hydrogen-bond acceptors (Lipinski definition) is 2. The van der Waals surface area contributed by atoms with Gasteiger partial charge in [0.15, 0.2) is 0 Å². The maximum absolute atomic E-state index is 12.7. The highest BCUT2D eigenvalue weighted by Gasteiger charge is 2.24. The molecule has 0 radical (unpaired) electrons. The summed E-state index contributed by atoms with van der Waals surface area (Å²) in [6, 6.07) is 5.75. The SMILES string of the molecule is CC1CCc2[nH]c3c(C(=O)N(C)C(C)CO)cccc3c2C1. The Balaban J connectivity index is 2.06. The summed E-state index contributed by atoms with van der Waals surface area (Å²) in [6.45, 7) is 4.10. The van der Waals surface area contributed by atoms with Crippen molar-refractivity contribution in [1.29, 1.82) is 0 Å². The van der Waals surface area contributed by atoms with E-state index in [1.165, 1.54) is 23.1 Å². The van der Waals surface area contributed by atoms with Crippen molar-refractivity contribution in [2.24, 2.45) is 5.92 Å². The van der Waals surface area contributed by atoms with Gasteiger partial charge in [0, 0.05) is 18.1 Å². The zero-order valence-electron chi connectivity index (χ0n) is 13.5. The van der Waals surface area contributed by atoms with E-state index in [9.17, 15) is 9.90 Å². The molecule has 0 aliphatic heterocycles. The second-order valence-electron chi connectivity index (χ2n) is 6.61. The predicted octanol–water partition coefficient (Wildman–Crippen LogP) is 2.75. The number of H-pyrrole nitrogens is 1. The lowest BCUT2D eigenvalue weighted by molar-refractivity contribution is 0.0684. The number of para-hydroxylation sites is 1. The van der Waals surface area contributed by atoms with Gasteiger partial charge in [-0.2, -0.15) is 0 Å². The van der Waals surface area contributed by atoms with Gasteiger partial charge >= 0.3 is 0 Å². The molecule has 4 heteroatoms. The lowest BCUT2D eigenvalue weighted by atomic mass is 9.87. The highest BCUT2D eigenvalue weighted by molar-refractivity contribution is 6.06. The number of aromatic nitrogens is 1. The number of aryl methyl sites for hydroxylation is 1. The quantitative estimate of drug-likeness (QED) is 0.915. The van der Waals surface area contributed by atoms with Crippen LogP contribution < -0.4 is 0 Å². The molecule has 1 aromatic heterocycles. The Bertz CT molecular complexity index is 704. The third-order valence-corrected chi connectivity index (χ3v) is 4.95. The molecular weight excluding hydrogens is 276 g/mol. The molecule has 0 saturated carbocycles. The first-order valence-electron chi connectivity index (χ1n) is 8.03. The molecule has 1 heterocycles. The molecule has 0 saturated heterocycles. The predicted molar refractivity (Wildman–Crippen MR) is 88.1 cm³/mol. The third-order valence-electron chi connectivity index (χ3n) is 4.95. The van der Waals surface area contributed by atoms with Crippen molar-refractivity contribution in [2.75, 3.05) is 13.7 Å². The molecule has 2 aromatic rings. The van der Waals surface area contributed by atoms with E-state index in [1.807, 2.05) is 19.1 Å². The molecule has 2 atom stereocenters. The first-order valence-corrected chi connectivity index (χ1v) is 8.03. The molecule has 0 fully saturated rings. The van der Waals surface area contributed by atoms with Gasteiger partial charge in [0.2, 0.25) is 0 Å². The van der Waals surface area contributed by atoms with E-state index >= 15 is 0 Å². The molecule has 2 unspecified atom stereocenters. The van der Waals surface area contributed by atoms with Gasteiger partial charge in [0.05, 0.1) is 23.7 Å². The number of rotatable bonds is 3. The highest BCUT2D eigenvalue weighted by atomic mass is 16.3. The van der Waals surface area contributed by atoms with E-state index < -0.39 is 0 Å². The number of carbonyl (C=O) groups excluding carboxylic acids is 1. The Morgan fingerprint density at radius 1 is 1.50 bits per heavy atom.